The third-order valence-corrected chi connectivity index (χ3v) is 3.64. The molecule has 3 rings (SSSR count). The summed E-state index contributed by atoms with van der Waals surface area (Å²) in [5.74, 6) is 0.580. The van der Waals surface area contributed by atoms with Crippen LogP contribution < -0.4 is 4.90 Å². The predicted octanol–water partition coefficient (Wildman–Crippen LogP) is 2.70. The summed E-state index contributed by atoms with van der Waals surface area (Å²) in [5.41, 5.74) is 1.37. The molecule has 2 aliphatic carbocycles. The lowest BCUT2D eigenvalue weighted by Crippen LogP contribution is -2.28. The van der Waals surface area contributed by atoms with Gasteiger partial charge in [0.25, 0.3) is 0 Å². The first-order valence-electron chi connectivity index (χ1n) is 6.44. The topological polar surface area (TPSA) is 23.5 Å². The van der Waals surface area contributed by atoms with Crippen LogP contribution in [-0.2, 0) is 6.61 Å². The van der Waals surface area contributed by atoms with E-state index >= 15 is 0 Å². The molecular weight excluding hydrogens is 217 g/mol. The van der Waals surface area contributed by atoms with Crippen molar-refractivity contribution in [3.63, 3.8) is 0 Å². The quantitative estimate of drug-likeness (QED) is 0.848. The molecule has 2 saturated carbocycles. The number of nitrogens with zero attached hydrogens (tertiary/aromatic N) is 1. The van der Waals surface area contributed by atoms with E-state index in [0.29, 0.717) is 11.6 Å². The molecule has 92 valence electrons. The summed E-state index contributed by atoms with van der Waals surface area (Å²) < 4.78 is 14.0. The fraction of sp³-hybridized carbons (Fsp3) is 0.571. The second-order valence-electron chi connectivity index (χ2n) is 5.27. The van der Waals surface area contributed by atoms with Crippen LogP contribution >= 0.6 is 0 Å². The van der Waals surface area contributed by atoms with Gasteiger partial charge in [-0.3, -0.25) is 0 Å². The van der Waals surface area contributed by atoms with Crippen LogP contribution in [0.5, 0.6) is 0 Å². The molecule has 0 spiro atoms. The number of rotatable bonds is 5. The zero-order chi connectivity index (χ0) is 11.8. The van der Waals surface area contributed by atoms with Gasteiger partial charge >= 0.3 is 0 Å². The van der Waals surface area contributed by atoms with Crippen LogP contribution in [0.2, 0.25) is 0 Å². The van der Waals surface area contributed by atoms with Gasteiger partial charge in [0.1, 0.15) is 5.82 Å². The number of hydrogen-bond acceptors (Lipinski definition) is 2. The normalized spacial score (nSPS) is 19.4. The lowest BCUT2D eigenvalue weighted by Gasteiger charge is -2.25. The van der Waals surface area contributed by atoms with Gasteiger partial charge in [-0.05, 0) is 49.3 Å². The van der Waals surface area contributed by atoms with Gasteiger partial charge in [-0.25, -0.2) is 4.39 Å². The molecule has 0 aromatic heterocycles. The highest BCUT2D eigenvalue weighted by atomic mass is 19.1. The monoisotopic (exact) mass is 235 g/mol. The second kappa shape index (κ2) is 4.30. The molecule has 1 aromatic carbocycles. The summed E-state index contributed by atoms with van der Waals surface area (Å²) in [4.78, 5) is 2.23. The van der Waals surface area contributed by atoms with E-state index in [1.807, 2.05) is 12.1 Å². The number of aliphatic hydroxyl groups is 1. The van der Waals surface area contributed by atoms with Crippen molar-refractivity contribution < 1.29 is 9.50 Å². The Kier molecular flexibility index (Phi) is 2.79. The molecule has 3 heteroatoms. The Hall–Kier alpha value is -1.09. The lowest BCUT2D eigenvalue weighted by molar-refractivity contribution is 0.281. The van der Waals surface area contributed by atoms with Crippen molar-refractivity contribution in [2.75, 3.05) is 11.4 Å². The summed E-state index contributed by atoms with van der Waals surface area (Å²) in [6.45, 7) is 0.906. The number of halogens is 1. The molecule has 2 fully saturated rings. The summed E-state index contributed by atoms with van der Waals surface area (Å²) in [6, 6.07) is 5.64. The first kappa shape index (κ1) is 11.0. The van der Waals surface area contributed by atoms with Crippen LogP contribution in [0.25, 0.3) is 0 Å². The smallest absolute Gasteiger partial charge is 0.146 e. The van der Waals surface area contributed by atoms with Gasteiger partial charge in [-0.1, -0.05) is 6.07 Å². The summed E-state index contributed by atoms with van der Waals surface area (Å²) in [6.07, 6.45) is 4.96. The Labute approximate surface area is 101 Å². The van der Waals surface area contributed by atoms with E-state index in [9.17, 15) is 4.39 Å². The van der Waals surface area contributed by atoms with Crippen LogP contribution in [0, 0.1) is 11.7 Å². The summed E-state index contributed by atoms with van der Waals surface area (Å²) in [5, 5.41) is 8.99. The molecule has 0 amide bonds. The molecule has 2 aliphatic rings. The van der Waals surface area contributed by atoms with Crippen molar-refractivity contribution >= 4 is 5.69 Å². The molecule has 0 saturated heterocycles. The van der Waals surface area contributed by atoms with Gasteiger partial charge in [0.15, 0.2) is 0 Å². The zero-order valence-electron chi connectivity index (χ0n) is 9.90. The first-order chi connectivity index (χ1) is 8.28. The lowest BCUT2D eigenvalue weighted by atomic mass is 10.2. The molecule has 0 heterocycles. The van der Waals surface area contributed by atoms with Crippen molar-refractivity contribution in [2.45, 2.75) is 38.3 Å². The van der Waals surface area contributed by atoms with Crippen molar-refractivity contribution in [3.8, 4) is 0 Å². The van der Waals surface area contributed by atoms with Gasteiger partial charge in [0.05, 0.1) is 12.3 Å². The molecule has 2 nitrogen and oxygen atoms in total. The minimum Gasteiger partial charge on any atom is -0.392 e. The summed E-state index contributed by atoms with van der Waals surface area (Å²) >= 11 is 0. The van der Waals surface area contributed by atoms with Gasteiger partial charge in [-0.15, -0.1) is 0 Å². The number of aliphatic hydroxyl groups excluding tert-OH is 1. The second-order valence-corrected chi connectivity index (χ2v) is 5.27. The molecule has 17 heavy (non-hydrogen) atoms. The maximum atomic E-state index is 14.0. The van der Waals surface area contributed by atoms with Crippen LogP contribution in [0.15, 0.2) is 18.2 Å². The molecule has 0 radical (unpaired) electrons. The van der Waals surface area contributed by atoms with E-state index in [1.165, 1.54) is 31.7 Å². The highest BCUT2D eigenvalue weighted by Gasteiger charge is 2.34. The van der Waals surface area contributed by atoms with Gasteiger partial charge < -0.3 is 10.0 Å². The van der Waals surface area contributed by atoms with Gasteiger partial charge in [-0.2, -0.15) is 0 Å². The molecule has 1 aromatic rings. The molecule has 0 aliphatic heterocycles. The van der Waals surface area contributed by atoms with Crippen molar-refractivity contribution in [1.29, 1.82) is 0 Å². The first-order valence-corrected chi connectivity index (χ1v) is 6.44. The Balaban J connectivity index is 1.83. The maximum absolute atomic E-state index is 14.0. The molecule has 1 N–H and O–H groups in total. The van der Waals surface area contributed by atoms with Crippen LogP contribution in [0.4, 0.5) is 10.1 Å². The van der Waals surface area contributed by atoms with Crippen LogP contribution in [0.1, 0.15) is 31.2 Å². The van der Waals surface area contributed by atoms with Crippen molar-refractivity contribution in [2.24, 2.45) is 5.92 Å². The standard InChI is InChI=1S/C14H18FNO/c15-13-7-11(9-17)3-6-14(13)16(12-4-5-12)8-10-1-2-10/h3,6-7,10,12,17H,1-2,4-5,8-9H2. The highest BCUT2D eigenvalue weighted by molar-refractivity contribution is 5.51. The molecular formula is C14H18FNO. The minimum atomic E-state index is -0.191. The zero-order valence-corrected chi connectivity index (χ0v) is 9.90. The van der Waals surface area contributed by atoms with E-state index in [0.717, 1.165) is 18.2 Å². The van der Waals surface area contributed by atoms with E-state index < -0.39 is 0 Å². The van der Waals surface area contributed by atoms with Crippen molar-refractivity contribution in [3.05, 3.63) is 29.6 Å². The molecule has 0 unspecified atom stereocenters. The average molecular weight is 235 g/mol. The Morgan fingerprint density at radius 1 is 1.24 bits per heavy atom. The molecule has 0 atom stereocenters. The third-order valence-electron chi connectivity index (χ3n) is 3.64. The number of hydrogen-bond donors (Lipinski definition) is 1. The molecule has 0 bridgehead atoms. The summed E-state index contributed by atoms with van der Waals surface area (Å²) in [7, 11) is 0. The fourth-order valence-corrected chi connectivity index (χ4v) is 2.29. The number of anilines is 1. The SMILES string of the molecule is OCc1ccc(N(CC2CC2)C2CC2)c(F)c1. The van der Waals surface area contributed by atoms with E-state index in [4.69, 9.17) is 5.11 Å². The highest BCUT2D eigenvalue weighted by Crippen LogP contribution is 2.38. The minimum absolute atomic E-state index is 0.0940. The van der Waals surface area contributed by atoms with E-state index in [1.54, 1.807) is 0 Å². The predicted molar refractivity (Wildman–Crippen MR) is 65.4 cm³/mol. The fourth-order valence-electron chi connectivity index (χ4n) is 2.29. The number of benzene rings is 1. The van der Waals surface area contributed by atoms with E-state index in [2.05, 4.69) is 4.90 Å². The van der Waals surface area contributed by atoms with Crippen LogP contribution in [-0.4, -0.2) is 17.7 Å². The Morgan fingerprint density at radius 2 is 2.00 bits per heavy atom. The van der Waals surface area contributed by atoms with Gasteiger partial charge in [0, 0.05) is 12.6 Å². The van der Waals surface area contributed by atoms with Crippen LogP contribution in [0.3, 0.4) is 0 Å². The van der Waals surface area contributed by atoms with E-state index in [-0.39, 0.29) is 12.4 Å². The largest absolute Gasteiger partial charge is 0.392 e. The Morgan fingerprint density at radius 3 is 2.53 bits per heavy atom. The Bertz CT molecular complexity index is 413. The average Bonchev–Trinajstić information content (AvgIpc) is 3.18. The third kappa shape index (κ3) is 2.44. The van der Waals surface area contributed by atoms with Crippen molar-refractivity contribution in [1.82, 2.24) is 0 Å². The van der Waals surface area contributed by atoms with Gasteiger partial charge in [0.2, 0.25) is 0 Å². The maximum Gasteiger partial charge on any atom is 0.146 e.